The van der Waals surface area contributed by atoms with Crippen molar-refractivity contribution in [1.29, 1.82) is 0 Å². The van der Waals surface area contributed by atoms with Gasteiger partial charge in [-0.1, -0.05) is 30.3 Å². The van der Waals surface area contributed by atoms with Crippen molar-refractivity contribution in [2.45, 2.75) is 18.9 Å². The zero-order chi connectivity index (χ0) is 12.2. The van der Waals surface area contributed by atoms with Crippen molar-refractivity contribution < 1.29 is 0 Å². The summed E-state index contributed by atoms with van der Waals surface area (Å²) in [6.07, 6.45) is 6.35. The number of benzene rings is 1. The molecule has 3 heteroatoms. The normalized spacial score (nSPS) is 16.7. The Labute approximate surface area is 108 Å². The van der Waals surface area contributed by atoms with Gasteiger partial charge >= 0.3 is 0 Å². The highest BCUT2D eigenvalue weighted by atomic mass is 15.4. The van der Waals surface area contributed by atoms with Crippen LogP contribution in [0, 0.1) is 0 Å². The first kappa shape index (κ1) is 11.5. The van der Waals surface area contributed by atoms with Gasteiger partial charge in [0.2, 0.25) is 0 Å². The number of aryl methyl sites for hydroxylation is 1. The molecule has 1 aliphatic rings. The summed E-state index contributed by atoms with van der Waals surface area (Å²) >= 11 is 0. The van der Waals surface area contributed by atoms with Gasteiger partial charge in [0, 0.05) is 25.5 Å². The number of likely N-dealkylation sites (tertiary alicyclic amines) is 1. The van der Waals surface area contributed by atoms with Crippen molar-refractivity contribution in [1.82, 2.24) is 14.7 Å². The second-order valence-electron chi connectivity index (χ2n) is 4.99. The Morgan fingerprint density at radius 1 is 1.11 bits per heavy atom. The largest absolute Gasteiger partial charge is 0.299 e. The average Bonchev–Trinajstić information content (AvgIpc) is 2.87. The standard InChI is InChI=1S/C15H19N3/c1-2-6-14(7-3-1)8-4-10-17-12-15(13-17)18-11-5-9-16-18/h1-3,5-7,9,11,15H,4,8,10,12-13H2. The summed E-state index contributed by atoms with van der Waals surface area (Å²) in [6, 6.07) is 13.3. The highest BCUT2D eigenvalue weighted by Crippen LogP contribution is 2.20. The van der Waals surface area contributed by atoms with E-state index in [4.69, 9.17) is 0 Å². The maximum absolute atomic E-state index is 4.29. The van der Waals surface area contributed by atoms with Crippen LogP contribution in [0.25, 0.3) is 0 Å². The van der Waals surface area contributed by atoms with E-state index in [-0.39, 0.29) is 0 Å². The van der Waals surface area contributed by atoms with Gasteiger partial charge in [-0.3, -0.25) is 9.58 Å². The molecule has 1 fully saturated rings. The Hall–Kier alpha value is -1.61. The Kier molecular flexibility index (Phi) is 3.42. The Morgan fingerprint density at radius 2 is 1.94 bits per heavy atom. The van der Waals surface area contributed by atoms with Gasteiger partial charge in [-0.25, -0.2) is 0 Å². The molecule has 0 bridgehead atoms. The summed E-state index contributed by atoms with van der Waals surface area (Å²) in [4.78, 5) is 2.51. The van der Waals surface area contributed by atoms with Gasteiger partial charge < -0.3 is 0 Å². The molecule has 0 saturated carbocycles. The van der Waals surface area contributed by atoms with Crippen molar-refractivity contribution in [3.05, 3.63) is 54.4 Å². The highest BCUT2D eigenvalue weighted by Gasteiger charge is 2.27. The Bertz CT molecular complexity index is 458. The molecule has 1 aromatic heterocycles. The number of nitrogens with zero attached hydrogens (tertiary/aromatic N) is 3. The maximum atomic E-state index is 4.29. The molecule has 18 heavy (non-hydrogen) atoms. The van der Waals surface area contributed by atoms with Crippen LogP contribution >= 0.6 is 0 Å². The predicted octanol–water partition coefficient (Wildman–Crippen LogP) is 2.37. The van der Waals surface area contributed by atoms with Gasteiger partial charge in [-0.2, -0.15) is 5.10 Å². The van der Waals surface area contributed by atoms with Crippen LogP contribution in [-0.2, 0) is 6.42 Å². The van der Waals surface area contributed by atoms with Crippen molar-refractivity contribution in [3.8, 4) is 0 Å². The van der Waals surface area contributed by atoms with E-state index in [0.29, 0.717) is 6.04 Å². The number of rotatable bonds is 5. The molecule has 0 aliphatic carbocycles. The monoisotopic (exact) mass is 241 g/mol. The van der Waals surface area contributed by atoms with E-state index < -0.39 is 0 Å². The summed E-state index contributed by atoms with van der Waals surface area (Å²) in [7, 11) is 0. The summed E-state index contributed by atoms with van der Waals surface area (Å²) in [6.45, 7) is 3.50. The van der Waals surface area contributed by atoms with Crippen LogP contribution in [-0.4, -0.2) is 34.3 Å². The fraction of sp³-hybridized carbons (Fsp3) is 0.400. The molecule has 2 heterocycles. The molecule has 94 valence electrons. The van der Waals surface area contributed by atoms with Crippen LogP contribution in [0.5, 0.6) is 0 Å². The highest BCUT2D eigenvalue weighted by molar-refractivity contribution is 5.14. The molecule has 2 aromatic rings. The van der Waals surface area contributed by atoms with Crippen LogP contribution in [0.4, 0.5) is 0 Å². The molecule has 0 spiro atoms. The fourth-order valence-corrected chi connectivity index (χ4v) is 2.54. The van der Waals surface area contributed by atoms with Crippen molar-refractivity contribution in [2.24, 2.45) is 0 Å². The van der Waals surface area contributed by atoms with E-state index in [1.165, 1.54) is 24.9 Å². The van der Waals surface area contributed by atoms with E-state index in [0.717, 1.165) is 13.1 Å². The lowest BCUT2D eigenvalue weighted by Crippen LogP contribution is -2.48. The van der Waals surface area contributed by atoms with Gasteiger partial charge in [0.15, 0.2) is 0 Å². The first-order chi connectivity index (χ1) is 8.92. The van der Waals surface area contributed by atoms with E-state index in [1.54, 1.807) is 0 Å². The van der Waals surface area contributed by atoms with Gasteiger partial charge in [0.1, 0.15) is 0 Å². The van der Waals surface area contributed by atoms with E-state index >= 15 is 0 Å². The maximum Gasteiger partial charge on any atom is 0.0772 e. The van der Waals surface area contributed by atoms with Crippen molar-refractivity contribution in [3.63, 3.8) is 0 Å². The number of hydrogen-bond donors (Lipinski definition) is 0. The van der Waals surface area contributed by atoms with E-state index in [9.17, 15) is 0 Å². The molecule has 1 aliphatic heterocycles. The van der Waals surface area contributed by atoms with E-state index in [1.807, 2.05) is 12.3 Å². The van der Waals surface area contributed by atoms with Gasteiger partial charge in [-0.05, 0) is 31.0 Å². The molecular formula is C15H19N3. The van der Waals surface area contributed by atoms with Gasteiger partial charge in [0.25, 0.3) is 0 Å². The van der Waals surface area contributed by atoms with Gasteiger partial charge in [0.05, 0.1) is 6.04 Å². The molecule has 0 unspecified atom stereocenters. The minimum atomic E-state index is 0.594. The third kappa shape index (κ3) is 2.62. The molecule has 0 amide bonds. The predicted molar refractivity (Wildman–Crippen MR) is 72.5 cm³/mol. The lowest BCUT2D eigenvalue weighted by Gasteiger charge is -2.39. The van der Waals surface area contributed by atoms with Crippen LogP contribution in [0.2, 0.25) is 0 Å². The van der Waals surface area contributed by atoms with Crippen LogP contribution < -0.4 is 0 Å². The number of hydrogen-bond acceptors (Lipinski definition) is 2. The molecule has 3 rings (SSSR count). The molecule has 1 saturated heterocycles. The molecule has 1 aromatic carbocycles. The Balaban J connectivity index is 1.37. The van der Waals surface area contributed by atoms with Crippen LogP contribution in [0.3, 0.4) is 0 Å². The SMILES string of the molecule is c1ccc(CCCN2CC(n3cccn3)C2)cc1. The number of aromatic nitrogens is 2. The molecule has 0 atom stereocenters. The van der Waals surface area contributed by atoms with Crippen molar-refractivity contribution in [2.75, 3.05) is 19.6 Å². The summed E-state index contributed by atoms with van der Waals surface area (Å²) in [5.41, 5.74) is 1.45. The van der Waals surface area contributed by atoms with Crippen LogP contribution in [0.15, 0.2) is 48.8 Å². The second-order valence-corrected chi connectivity index (χ2v) is 4.99. The topological polar surface area (TPSA) is 21.1 Å². The minimum absolute atomic E-state index is 0.594. The lowest BCUT2D eigenvalue weighted by atomic mass is 10.1. The summed E-state index contributed by atoms with van der Waals surface area (Å²) in [5, 5.41) is 4.29. The Morgan fingerprint density at radius 3 is 2.67 bits per heavy atom. The smallest absolute Gasteiger partial charge is 0.0772 e. The van der Waals surface area contributed by atoms with E-state index in [2.05, 4.69) is 51.2 Å². The fourth-order valence-electron chi connectivity index (χ4n) is 2.54. The zero-order valence-electron chi connectivity index (χ0n) is 10.6. The second kappa shape index (κ2) is 5.36. The average molecular weight is 241 g/mol. The molecule has 0 N–H and O–H groups in total. The zero-order valence-corrected chi connectivity index (χ0v) is 10.6. The first-order valence-corrected chi connectivity index (χ1v) is 6.67. The molecule has 0 radical (unpaired) electrons. The third-order valence-electron chi connectivity index (χ3n) is 3.62. The molecular weight excluding hydrogens is 222 g/mol. The summed E-state index contributed by atoms with van der Waals surface area (Å²) < 4.78 is 2.08. The summed E-state index contributed by atoms with van der Waals surface area (Å²) in [5.74, 6) is 0. The quantitative estimate of drug-likeness (QED) is 0.801. The first-order valence-electron chi connectivity index (χ1n) is 6.67. The van der Waals surface area contributed by atoms with Crippen molar-refractivity contribution >= 4 is 0 Å². The third-order valence-corrected chi connectivity index (χ3v) is 3.62. The van der Waals surface area contributed by atoms with Crippen LogP contribution in [0.1, 0.15) is 18.0 Å². The lowest BCUT2D eigenvalue weighted by molar-refractivity contribution is 0.0975. The molecule has 3 nitrogen and oxygen atoms in total. The minimum Gasteiger partial charge on any atom is -0.299 e. The van der Waals surface area contributed by atoms with Gasteiger partial charge in [-0.15, -0.1) is 0 Å².